The van der Waals surface area contributed by atoms with Crippen molar-refractivity contribution in [1.29, 1.82) is 0 Å². The second-order valence-corrected chi connectivity index (χ2v) is 10.7. The largest absolute Gasteiger partial charge is 0.436 e. The summed E-state index contributed by atoms with van der Waals surface area (Å²) in [7, 11) is 0. The molecular weight excluding hydrogens is 496 g/mol. The van der Waals surface area contributed by atoms with Crippen LogP contribution in [0.15, 0.2) is 138 Å². The Morgan fingerprint density at radius 3 is 2.10 bits per heavy atom. The summed E-state index contributed by atoms with van der Waals surface area (Å²) in [5, 5.41) is 4.93. The van der Waals surface area contributed by atoms with E-state index in [-0.39, 0.29) is 0 Å². The molecule has 0 atom stereocenters. The molecule has 3 nitrogen and oxygen atoms in total. The first-order valence-electron chi connectivity index (χ1n) is 13.0. The van der Waals surface area contributed by atoms with Crippen LogP contribution in [-0.2, 0) is 0 Å². The third kappa shape index (κ3) is 3.61. The average molecular weight is 519 g/mol. The topological polar surface area (TPSA) is 29.3 Å². The summed E-state index contributed by atoms with van der Waals surface area (Å²) in [4.78, 5) is 7.33. The number of hydrogen-bond donors (Lipinski definition) is 0. The molecule has 0 aliphatic carbocycles. The van der Waals surface area contributed by atoms with E-state index in [2.05, 4.69) is 126 Å². The molecule has 0 fully saturated rings. The molecule has 39 heavy (non-hydrogen) atoms. The van der Waals surface area contributed by atoms with Crippen molar-refractivity contribution in [2.45, 2.75) is 0 Å². The monoisotopic (exact) mass is 518 g/mol. The minimum atomic E-state index is 0.626. The lowest BCUT2D eigenvalue weighted by Gasteiger charge is -2.25. The Kier molecular flexibility index (Phi) is 5.00. The highest BCUT2D eigenvalue weighted by Crippen LogP contribution is 2.43. The number of benzene rings is 6. The Labute approximate surface area is 229 Å². The summed E-state index contributed by atoms with van der Waals surface area (Å²) in [5.74, 6) is 0.626. The summed E-state index contributed by atoms with van der Waals surface area (Å²) in [6.45, 7) is 0. The fourth-order valence-corrected chi connectivity index (χ4v) is 6.72. The van der Waals surface area contributed by atoms with Crippen LogP contribution in [-0.4, -0.2) is 4.98 Å². The van der Waals surface area contributed by atoms with Gasteiger partial charge in [-0.05, 0) is 65.4 Å². The third-order valence-electron chi connectivity index (χ3n) is 7.26. The van der Waals surface area contributed by atoms with Gasteiger partial charge in [0, 0.05) is 42.8 Å². The number of hydrogen-bond acceptors (Lipinski definition) is 4. The predicted octanol–water partition coefficient (Wildman–Crippen LogP) is 10.5. The van der Waals surface area contributed by atoms with E-state index < -0.39 is 0 Å². The van der Waals surface area contributed by atoms with Crippen LogP contribution in [0, 0.1) is 0 Å². The highest BCUT2D eigenvalue weighted by atomic mass is 32.1. The van der Waals surface area contributed by atoms with Crippen LogP contribution in [0.4, 0.5) is 17.1 Å². The van der Waals surface area contributed by atoms with E-state index in [0.717, 1.165) is 33.7 Å². The van der Waals surface area contributed by atoms with Gasteiger partial charge in [-0.3, -0.25) is 0 Å². The first kappa shape index (κ1) is 22.1. The van der Waals surface area contributed by atoms with Crippen molar-refractivity contribution in [2.75, 3.05) is 4.90 Å². The second-order valence-electron chi connectivity index (χ2n) is 9.63. The summed E-state index contributed by atoms with van der Waals surface area (Å²) in [5.41, 5.74) is 5.90. The summed E-state index contributed by atoms with van der Waals surface area (Å²) in [6.07, 6.45) is 0. The predicted molar refractivity (Wildman–Crippen MR) is 165 cm³/mol. The van der Waals surface area contributed by atoms with E-state index in [1.54, 1.807) is 0 Å². The molecule has 0 spiro atoms. The molecule has 0 N–H and O–H groups in total. The van der Waals surface area contributed by atoms with Gasteiger partial charge in [-0.1, -0.05) is 78.9 Å². The zero-order valence-corrected chi connectivity index (χ0v) is 21.7. The second kappa shape index (κ2) is 8.83. The molecule has 2 heterocycles. The maximum atomic E-state index is 6.39. The number of aromatic nitrogens is 1. The van der Waals surface area contributed by atoms with Crippen molar-refractivity contribution < 1.29 is 4.42 Å². The Balaban J connectivity index is 1.30. The van der Waals surface area contributed by atoms with Gasteiger partial charge in [0.2, 0.25) is 5.89 Å². The smallest absolute Gasteiger partial charge is 0.227 e. The van der Waals surface area contributed by atoms with Crippen LogP contribution in [0.25, 0.3) is 53.5 Å². The van der Waals surface area contributed by atoms with E-state index in [1.807, 2.05) is 23.5 Å². The van der Waals surface area contributed by atoms with E-state index in [0.29, 0.717) is 5.89 Å². The molecule has 0 bridgehead atoms. The number of oxazole rings is 1. The van der Waals surface area contributed by atoms with Crippen LogP contribution in [0.3, 0.4) is 0 Å². The quantitative estimate of drug-likeness (QED) is 0.232. The Morgan fingerprint density at radius 2 is 1.31 bits per heavy atom. The Morgan fingerprint density at radius 1 is 0.590 bits per heavy atom. The summed E-state index contributed by atoms with van der Waals surface area (Å²) in [6, 6.07) is 46.5. The average Bonchev–Trinajstić information content (AvgIpc) is 3.60. The van der Waals surface area contributed by atoms with Crippen LogP contribution < -0.4 is 4.90 Å². The molecule has 4 heteroatoms. The van der Waals surface area contributed by atoms with Gasteiger partial charge < -0.3 is 9.32 Å². The molecule has 8 rings (SSSR count). The molecule has 0 unspecified atom stereocenters. The normalized spacial score (nSPS) is 11.6. The standard InChI is InChI=1S/C35H22N2OS/c1-3-12-25(13-4-1)37(26-14-5-2-6-15-26)27-16-9-11-24(22-27)35-36-33-30(38-35)20-21-31-32(33)29-19-18-23-10-7-8-17-28(23)34(29)39-31/h1-22H. The zero-order chi connectivity index (χ0) is 25.8. The molecular formula is C35H22N2OS. The molecule has 0 amide bonds. The molecule has 2 aromatic heterocycles. The van der Waals surface area contributed by atoms with E-state index in [4.69, 9.17) is 9.40 Å². The Bertz CT molecular complexity index is 2090. The number of para-hydroxylation sites is 2. The molecule has 0 saturated heterocycles. The van der Waals surface area contributed by atoms with E-state index >= 15 is 0 Å². The fourth-order valence-electron chi connectivity index (χ4n) is 5.48. The molecule has 0 radical (unpaired) electrons. The summed E-state index contributed by atoms with van der Waals surface area (Å²) >= 11 is 1.82. The molecule has 184 valence electrons. The first-order valence-corrected chi connectivity index (χ1v) is 13.8. The van der Waals surface area contributed by atoms with E-state index in [1.165, 1.54) is 30.9 Å². The first-order chi connectivity index (χ1) is 19.3. The van der Waals surface area contributed by atoms with Gasteiger partial charge in [0.15, 0.2) is 5.58 Å². The minimum Gasteiger partial charge on any atom is -0.436 e. The lowest BCUT2D eigenvalue weighted by Crippen LogP contribution is -2.09. The number of nitrogens with zero attached hydrogens (tertiary/aromatic N) is 2. The molecule has 0 saturated carbocycles. The van der Waals surface area contributed by atoms with Crippen molar-refractivity contribution in [1.82, 2.24) is 4.98 Å². The summed E-state index contributed by atoms with van der Waals surface area (Å²) < 4.78 is 8.91. The van der Waals surface area contributed by atoms with Crippen molar-refractivity contribution in [3.63, 3.8) is 0 Å². The van der Waals surface area contributed by atoms with Gasteiger partial charge in [0.25, 0.3) is 0 Å². The van der Waals surface area contributed by atoms with Crippen LogP contribution in [0.2, 0.25) is 0 Å². The highest BCUT2D eigenvalue weighted by Gasteiger charge is 2.18. The maximum Gasteiger partial charge on any atom is 0.227 e. The molecule has 6 aromatic carbocycles. The highest BCUT2D eigenvalue weighted by molar-refractivity contribution is 7.26. The van der Waals surface area contributed by atoms with Gasteiger partial charge in [-0.15, -0.1) is 11.3 Å². The molecule has 0 aliphatic rings. The van der Waals surface area contributed by atoms with Crippen LogP contribution in [0.5, 0.6) is 0 Å². The zero-order valence-electron chi connectivity index (χ0n) is 20.9. The SMILES string of the molecule is c1ccc(N(c2ccccc2)c2cccc(-c3nc4c(ccc5sc6c7ccccc7ccc6c54)o3)c2)cc1. The van der Waals surface area contributed by atoms with Gasteiger partial charge in [0.05, 0.1) is 0 Å². The van der Waals surface area contributed by atoms with Gasteiger partial charge >= 0.3 is 0 Å². The van der Waals surface area contributed by atoms with E-state index in [9.17, 15) is 0 Å². The number of fused-ring (bicyclic) bond motifs is 7. The Hall–Kier alpha value is -4.93. The lowest BCUT2D eigenvalue weighted by atomic mass is 10.1. The van der Waals surface area contributed by atoms with Crippen LogP contribution >= 0.6 is 11.3 Å². The fraction of sp³-hybridized carbons (Fsp3) is 0. The minimum absolute atomic E-state index is 0.626. The number of anilines is 3. The number of rotatable bonds is 4. The van der Waals surface area contributed by atoms with Crippen molar-refractivity contribution >= 4 is 70.4 Å². The molecule has 0 aliphatic heterocycles. The van der Waals surface area contributed by atoms with Gasteiger partial charge in [0.1, 0.15) is 5.52 Å². The van der Waals surface area contributed by atoms with Crippen molar-refractivity contribution in [3.05, 3.63) is 133 Å². The van der Waals surface area contributed by atoms with Crippen molar-refractivity contribution in [2.24, 2.45) is 0 Å². The van der Waals surface area contributed by atoms with Gasteiger partial charge in [-0.2, -0.15) is 0 Å². The van der Waals surface area contributed by atoms with Crippen LogP contribution in [0.1, 0.15) is 0 Å². The van der Waals surface area contributed by atoms with Gasteiger partial charge in [-0.25, -0.2) is 4.98 Å². The van der Waals surface area contributed by atoms with Crippen molar-refractivity contribution in [3.8, 4) is 11.5 Å². The lowest BCUT2D eigenvalue weighted by molar-refractivity contribution is 0.620. The molecule has 8 aromatic rings. The maximum absolute atomic E-state index is 6.39. The third-order valence-corrected chi connectivity index (χ3v) is 8.47. The number of thiophene rings is 1.